The van der Waals surface area contributed by atoms with Crippen molar-refractivity contribution >= 4 is 29.3 Å². The van der Waals surface area contributed by atoms with E-state index in [1.54, 1.807) is 23.9 Å². The van der Waals surface area contributed by atoms with E-state index >= 15 is 0 Å². The number of rotatable bonds is 5. The second-order valence-electron chi connectivity index (χ2n) is 6.90. The van der Waals surface area contributed by atoms with Crippen LogP contribution in [0.5, 0.6) is 0 Å². The lowest BCUT2D eigenvalue weighted by Gasteiger charge is -2.34. The van der Waals surface area contributed by atoms with Gasteiger partial charge in [0.25, 0.3) is 0 Å². The van der Waals surface area contributed by atoms with Crippen LogP contribution in [-0.2, 0) is 16.1 Å². The van der Waals surface area contributed by atoms with Crippen molar-refractivity contribution in [2.45, 2.75) is 29.9 Å². The quantitative estimate of drug-likeness (QED) is 0.587. The fourth-order valence-corrected chi connectivity index (χ4v) is 4.67. The third kappa shape index (κ3) is 3.24. The van der Waals surface area contributed by atoms with Gasteiger partial charge in [0.1, 0.15) is 0 Å². The normalized spacial score (nSPS) is 21.7. The molecule has 0 radical (unpaired) electrons. The van der Waals surface area contributed by atoms with E-state index in [0.717, 1.165) is 29.1 Å². The van der Waals surface area contributed by atoms with Gasteiger partial charge in [0.15, 0.2) is 0 Å². The van der Waals surface area contributed by atoms with Crippen molar-refractivity contribution in [2.75, 3.05) is 24.8 Å². The number of methoxy groups -OCH3 is 1. The molecule has 2 atom stereocenters. The predicted octanol–water partition coefficient (Wildman–Crippen LogP) is 3.18. The molecule has 140 valence electrons. The zero-order valence-corrected chi connectivity index (χ0v) is 16.2. The first-order valence-electron chi connectivity index (χ1n) is 8.99. The van der Waals surface area contributed by atoms with E-state index in [0.29, 0.717) is 12.1 Å². The molecule has 0 saturated carbocycles. The van der Waals surface area contributed by atoms with Crippen molar-refractivity contribution < 1.29 is 14.3 Å². The lowest BCUT2D eigenvalue weighted by Crippen LogP contribution is -2.50. The average molecular weight is 382 g/mol. The summed E-state index contributed by atoms with van der Waals surface area (Å²) in [5.74, 6) is -0.140. The molecule has 27 heavy (non-hydrogen) atoms. The number of para-hydroxylation sites is 1. The topological polar surface area (TPSA) is 49.9 Å². The molecule has 2 aliphatic rings. The standard InChI is InChI=1S/C21H22N2O3S/c1-26-21(25)15-9-7-14(8-10-15)12-22-13-16-11-18(22)20(24)23(16)17-5-3-4-6-19(17)27-2/h3-10,16,18H,11-13H2,1-2H3/t16-,18-/m0/s1. The number of anilines is 1. The van der Waals surface area contributed by atoms with E-state index in [4.69, 9.17) is 4.74 Å². The van der Waals surface area contributed by atoms with E-state index in [9.17, 15) is 9.59 Å². The zero-order chi connectivity index (χ0) is 19.0. The van der Waals surface area contributed by atoms with Gasteiger partial charge in [-0.1, -0.05) is 24.3 Å². The summed E-state index contributed by atoms with van der Waals surface area (Å²) >= 11 is 1.68. The molecular weight excluding hydrogens is 360 g/mol. The van der Waals surface area contributed by atoms with E-state index in [2.05, 4.69) is 11.0 Å². The van der Waals surface area contributed by atoms with Gasteiger partial charge in [-0.15, -0.1) is 11.8 Å². The molecule has 0 aromatic heterocycles. The van der Waals surface area contributed by atoms with Crippen molar-refractivity contribution in [3.8, 4) is 0 Å². The largest absolute Gasteiger partial charge is 0.465 e. The van der Waals surface area contributed by atoms with Gasteiger partial charge in [-0.25, -0.2) is 4.79 Å². The van der Waals surface area contributed by atoms with Crippen LogP contribution in [0.2, 0.25) is 0 Å². The molecule has 2 saturated heterocycles. The molecule has 5 nitrogen and oxygen atoms in total. The molecule has 2 aromatic rings. The van der Waals surface area contributed by atoms with Gasteiger partial charge in [-0.2, -0.15) is 0 Å². The van der Waals surface area contributed by atoms with Crippen molar-refractivity contribution in [1.29, 1.82) is 0 Å². The average Bonchev–Trinajstić information content (AvgIpc) is 3.25. The Labute approximate surface area is 163 Å². The smallest absolute Gasteiger partial charge is 0.337 e. The number of ether oxygens (including phenoxy) is 1. The lowest BCUT2D eigenvalue weighted by atomic mass is 10.1. The Bertz CT molecular complexity index is 868. The molecule has 0 unspecified atom stereocenters. The summed E-state index contributed by atoms with van der Waals surface area (Å²) < 4.78 is 4.74. The van der Waals surface area contributed by atoms with Crippen LogP contribution in [0.4, 0.5) is 5.69 Å². The summed E-state index contributed by atoms with van der Waals surface area (Å²) in [6, 6.07) is 15.7. The maximum Gasteiger partial charge on any atom is 0.337 e. The van der Waals surface area contributed by atoms with Crippen molar-refractivity contribution in [3.63, 3.8) is 0 Å². The number of hydrogen-bond acceptors (Lipinski definition) is 5. The molecule has 0 N–H and O–H groups in total. The number of piperazine rings is 1. The highest BCUT2D eigenvalue weighted by molar-refractivity contribution is 7.98. The number of esters is 1. The molecule has 4 rings (SSSR count). The first-order chi connectivity index (χ1) is 13.1. The van der Waals surface area contributed by atoms with Crippen molar-refractivity contribution in [2.24, 2.45) is 0 Å². The van der Waals surface area contributed by atoms with Gasteiger partial charge < -0.3 is 9.64 Å². The minimum Gasteiger partial charge on any atom is -0.465 e. The summed E-state index contributed by atoms with van der Waals surface area (Å²) in [5, 5.41) is 0. The van der Waals surface area contributed by atoms with Gasteiger partial charge in [0, 0.05) is 18.0 Å². The van der Waals surface area contributed by atoms with Gasteiger partial charge in [0.05, 0.1) is 30.4 Å². The minimum atomic E-state index is -0.333. The number of carbonyl (C=O) groups is 2. The number of benzene rings is 2. The summed E-state index contributed by atoms with van der Waals surface area (Å²) in [4.78, 5) is 30.0. The number of nitrogens with zero attached hydrogens (tertiary/aromatic N) is 2. The maximum atomic E-state index is 13.0. The molecular formula is C21H22N2O3S. The van der Waals surface area contributed by atoms with E-state index < -0.39 is 0 Å². The Kier molecular flexibility index (Phi) is 4.93. The minimum absolute atomic E-state index is 0.0646. The zero-order valence-electron chi connectivity index (χ0n) is 15.4. The number of likely N-dealkylation sites (tertiary alicyclic amines) is 1. The molecule has 2 aliphatic heterocycles. The molecule has 2 bridgehead atoms. The van der Waals surface area contributed by atoms with E-state index in [-0.39, 0.29) is 24.0 Å². The highest BCUT2D eigenvalue weighted by atomic mass is 32.2. The van der Waals surface area contributed by atoms with E-state index in [1.165, 1.54) is 7.11 Å². The summed E-state index contributed by atoms with van der Waals surface area (Å²) in [5.41, 5.74) is 2.67. The fourth-order valence-electron chi connectivity index (χ4n) is 4.08. The molecule has 1 amide bonds. The third-order valence-corrected chi connectivity index (χ3v) is 6.16. The summed E-state index contributed by atoms with van der Waals surface area (Å²) in [7, 11) is 1.38. The predicted molar refractivity (Wildman–Crippen MR) is 106 cm³/mol. The Morgan fingerprint density at radius 1 is 1.19 bits per heavy atom. The van der Waals surface area contributed by atoms with Crippen LogP contribution in [0, 0.1) is 0 Å². The maximum absolute atomic E-state index is 13.0. The van der Waals surface area contributed by atoms with Gasteiger partial charge in [-0.05, 0) is 42.5 Å². The number of carbonyl (C=O) groups excluding carboxylic acids is 2. The lowest BCUT2D eigenvalue weighted by molar-refractivity contribution is -0.122. The molecule has 0 aliphatic carbocycles. The first kappa shape index (κ1) is 18.1. The highest BCUT2D eigenvalue weighted by Gasteiger charge is 2.50. The number of fused-ring (bicyclic) bond motifs is 2. The fraction of sp³-hybridized carbons (Fsp3) is 0.333. The first-order valence-corrected chi connectivity index (χ1v) is 10.2. The van der Waals surface area contributed by atoms with Crippen LogP contribution in [0.25, 0.3) is 0 Å². The Hall–Kier alpha value is -2.31. The van der Waals surface area contributed by atoms with Crippen LogP contribution in [0.15, 0.2) is 53.4 Å². The molecule has 6 heteroatoms. The number of hydrogen-bond donors (Lipinski definition) is 0. The second-order valence-corrected chi connectivity index (χ2v) is 7.75. The third-order valence-electron chi connectivity index (χ3n) is 5.37. The van der Waals surface area contributed by atoms with Crippen molar-refractivity contribution in [3.05, 3.63) is 59.7 Å². The highest BCUT2D eigenvalue weighted by Crippen LogP contribution is 2.39. The van der Waals surface area contributed by atoms with Gasteiger partial charge >= 0.3 is 5.97 Å². The monoisotopic (exact) mass is 382 g/mol. The summed E-state index contributed by atoms with van der Waals surface area (Å²) in [6.45, 7) is 1.59. The number of amides is 1. The summed E-state index contributed by atoms with van der Waals surface area (Å²) in [6.07, 6.45) is 2.92. The Balaban J connectivity index is 1.48. The Morgan fingerprint density at radius 3 is 2.59 bits per heavy atom. The Morgan fingerprint density at radius 2 is 1.93 bits per heavy atom. The van der Waals surface area contributed by atoms with Crippen LogP contribution >= 0.6 is 11.8 Å². The molecule has 2 heterocycles. The van der Waals surface area contributed by atoms with Crippen LogP contribution in [0.1, 0.15) is 22.3 Å². The number of thioether (sulfide) groups is 1. The van der Waals surface area contributed by atoms with Gasteiger partial charge in [-0.3, -0.25) is 9.69 Å². The molecule has 2 aromatic carbocycles. The van der Waals surface area contributed by atoms with Crippen molar-refractivity contribution in [1.82, 2.24) is 4.90 Å². The van der Waals surface area contributed by atoms with E-state index in [1.807, 2.05) is 41.5 Å². The van der Waals surface area contributed by atoms with Crippen LogP contribution < -0.4 is 4.90 Å². The molecule has 0 spiro atoms. The van der Waals surface area contributed by atoms with Crippen LogP contribution in [0.3, 0.4) is 0 Å². The molecule has 2 fully saturated rings. The second kappa shape index (κ2) is 7.37. The SMILES string of the molecule is COC(=O)c1ccc(CN2C[C@@H]3C[C@H]2C(=O)N3c2ccccc2SC)cc1. The van der Waals surface area contributed by atoms with Crippen LogP contribution in [-0.4, -0.2) is 48.8 Å². The van der Waals surface area contributed by atoms with Gasteiger partial charge in [0.2, 0.25) is 5.91 Å².